The molecule has 1 N–H and O–H groups in total. The fourth-order valence-electron chi connectivity index (χ4n) is 4.01. The molecule has 3 atom stereocenters. The minimum Gasteiger partial charge on any atom is -0.497 e. The maximum Gasteiger partial charge on any atom is 0.240 e. The number of aromatic nitrogens is 5. The fourth-order valence-corrected chi connectivity index (χ4v) is 5.10. The summed E-state index contributed by atoms with van der Waals surface area (Å²) in [6, 6.07) is 4.94. The van der Waals surface area contributed by atoms with Crippen molar-refractivity contribution in [2.75, 3.05) is 32.2 Å². The number of ether oxygens (including phenoxy) is 4. The van der Waals surface area contributed by atoms with E-state index in [1.807, 2.05) is 20.8 Å². The highest BCUT2D eigenvalue weighted by Crippen LogP contribution is 2.38. The van der Waals surface area contributed by atoms with Crippen LogP contribution < -0.4 is 14.2 Å². The number of aryl methyl sites for hydroxylation is 1. The minimum atomic E-state index is -4.04. The zero-order chi connectivity index (χ0) is 26.7. The van der Waals surface area contributed by atoms with Crippen LogP contribution in [0.1, 0.15) is 44.3 Å². The van der Waals surface area contributed by atoms with Crippen molar-refractivity contribution in [1.29, 1.82) is 0 Å². The number of sulfonamides is 1. The molecule has 0 bridgehead atoms. The van der Waals surface area contributed by atoms with Crippen molar-refractivity contribution < 1.29 is 27.4 Å². The van der Waals surface area contributed by atoms with Crippen LogP contribution in [-0.2, 0) is 19.5 Å². The molecule has 0 radical (unpaired) electrons. The standard InChI is InChI=1S/C24H32N6O6S/c1-14(2)36-21(22-25-10-15(3)11-26-22)16(4)37(31,32)29-24-28-27-23-19-9-18(34-6)7-8-20(19)35-13-17(12-33-5)30(23)24/h7-11,14,16-17,21H,12-13H2,1-6H3,(H,28,29)/t16-,17-,21+/m0/s1. The maximum atomic E-state index is 13.6. The second-order valence-corrected chi connectivity index (χ2v) is 11.1. The van der Waals surface area contributed by atoms with Gasteiger partial charge in [0.2, 0.25) is 16.0 Å². The van der Waals surface area contributed by atoms with E-state index in [0.29, 0.717) is 22.9 Å². The van der Waals surface area contributed by atoms with Crippen LogP contribution in [-0.4, -0.2) is 71.9 Å². The van der Waals surface area contributed by atoms with Crippen LogP contribution in [0.5, 0.6) is 11.5 Å². The molecule has 12 nitrogen and oxygen atoms in total. The number of hydrogen-bond donors (Lipinski definition) is 1. The number of nitrogens with zero attached hydrogens (tertiary/aromatic N) is 5. The summed E-state index contributed by atoms with van der Waals surface area (Å²) in [6.07, 6.45) is 2.09. The fraction of sp³-hybridized carbons (Fsp3) is 0.500. The molecule has 3 aromatic rings. The number of fused-ring (bicyclic) bond motifs is 3. The van der Waals surface area contributed by atoms with Gasteiger partial charge in [-0.2, -0.15) is 0 Å². The monoisotopic (exact) mass is 532 g/mol. The van der Waals surface area contributed by atoms with Gasteiger partial charge < -0.3 is 18.9 Å². The summed E-state index contributed by atoms with van der Waals surface area (Å²) in [5.41, 5.74) is 1.48. The van der Waals surface area contributed by atoms with Gasteiger partial charge in [-0.15, -0.1) is 10.2 Å². The maximum absolute atomic E-state index is 13.6. The number of benzene rings is 1. The van der Waals surface area contributed by atoms with Gasteiger partial charge in [-0.1, -0.05) is 0 Å². The van der Waals surface area contributed by atoms with Gasteiger partial charge >= 0.3 is 0 Å². The second-order valence-electron chi connectivity index (χ2n) is 9.08. The Hall–Kier alpha value is -3.29. The molecule has 4 rings (SSSR count). The minimum absolute atomic E-state index is 0.0382. The van der Waals surface area contributed by atoms with Crippen LogP contribution in [0.4, 0.5) is 5.95 Å². The first-order chi connectivity index (χ1) is 17.6. The van der Waals surface area contributed by atoms with E-state index in [0.717, 1.165) is 5.56 Å². The third-order valence-corrected chi connectivity index (χ3v) is 7.60. The van der Waals surface area contributed by atoms with Crippen molar-refractivity contribution in [2.45, 2.75) is 51.2 Å². The van der Waals surface area contributed by atoms with Gasteiger partial charge in [0.1, 0.15) is 29.5 Å². The van der Waals surface area contributed by atoms with Gasteiger partial charge in [-0.3, -0.25) is 9.29 Å². The number of methoxy groups -OCH3 is 2. The number of rotatable bonds is 10. The second kappa shape index (κ2) is 11.0. The number of nitrogens with one attached hydrogen (secondary N) is 1. The molecule has 0 spiro atoms. The van der Waals surface area contributed by atoms with E-state index in [-0.39, 0.29) is 31.1 Å². The summed E-state index contributed by atoms with van der Waals surface area (Å²) in [5.74, 6) is 1.93. The van der Waals surface area contributed by atoms with Crippen molar-refractivity contribution >= 4 is 16.0 Å². The van der Waals surface area contributed by atoms with Crippen molar-refractivity contribution in [3.8, 4) is 22.9 Å². The Kier molecular flexibility index (Phi) is 7.95. The van der Waals surface area contributed by atoms with Crippen LogP contribution >= 0.6 is 0 Å². The molecule has 1 aliphatic heterocycles. The highest BCUT2D eigenvalue weighted by Gasteiger charge is 2.37. The quantitative estimate of drug-likeness (QED) is 0.414. The molecular formula is C24H32N6O6S. The molecular weight excluding hydrogens is 500 g/mol. The van der Waals surface area contributed by atoms with Crippen LogP contribution in [0.25, 0.3) is 11.4 Å². The summed E-state index contributed by atoms with van der Waals surface area (Å²) >= 11 is 0. The average molecular weight is 533 g/mol. The van der Waals surface area contributed by atoms with E-state index in [2.05, 4.69) is 24.9 Å². The lowest BCUT2D eigenvalue weighted by Gasteiger charge is -2.26. The molecule has 0 saturated carbocycles. The van der Waals surface area contributed by atoms with Crippen LogP contribution in [0.3, 0.4) is 0 Å². The Labute approximate surface area is 216 Å². The Morgan fingerprint density at radius 3 is 2.54 bits per heavy atom. The zero-order valence-electron chi connectivity index (χ0n) is 21.7. The Balaban J connectivity index is 1.72. The van der Waals surface area contributed by atoms with Crippen LogP contribution in [0.2, 0.25) is 0 Å². The molecule has 0 aliphatic carbocycles. The predicted molar refractivity (Wildman–Crippen MR) is 136 cm³/mol. The highest BCUT2D eigenvalue weighted by atomic mass is 32.2. The zero-order valence-corrected chi connectivity index (χ0v) is 22.5. The number of anilines is 1. The summed E-state index contributed by atoms with van der Waals surface area (Å²) in [4.78, 5) is 8.63. The van der Waals surface area contributed by atoms with Crippen molar-refractivity contribution in [3.05, 3.63) is 42.0 Å². The Morgan fingerprint density at radius 2 is 1.89 bits per heavy atom. The van der Waals surface area contributed by atoms with E-state index in [1.165, 1.54) is 0 Å². The molecule has 0 fully saturated rings. The van der Waals surface area contributed by atoms with E-state index >= 15 is 0 Å². The summed E-state index contributed by atoms with van der Waals surface area (Å²) in [7, 11) is -0.921. The van der Waals surface area contributed by atoms with E-state index in [4.69, 9.17) is 18.9 Å². The molecule has 0 unspecified atom stereocenters. The molecule has 0 amide bonds. The molecule has 2 aromatic heterocycles. The molecule has 1 aromatic carbocycles. The lowest BCUT2D eigenvalue weighted by molar-refractivity contribution is 0.00152. The summed E-state index contributed by atoms with van der Waals surface area (Å²) in [6.45, 7) is 7.53. The van der Waals surface area contributed by atoms with Crippen molar-refractivity contribution in [2.24, 2.45) is 0 Å². The average Bonchev–Trinajstić information content (AvgIpc) is 3.20. The third-order valence-electron chi connectivity index (χ3n) is 5.90. The molecule has 37 heavy (non-hydrogen) atoms. The van der Waals surface area contributed by atoms with Crippen molar-refractivity contribution in [1.82, 2.24) is 24.7 Å². The summed E-state index contributed by atoms with van der Waals surface area (Å²) in [5, 5.41) is 7.45. The van der Waals surface area contributed by atoms with Gasteiger partial charge in [0.15, 0.2) is 11.6 Å². The highest BCUT2D eigenvalue weighted by molar-refractivity contribution is 7.93. The SMILES string of the molecule is COC[C@H]1COc2ccc(OC)cc2-c2nnc(NS(=O)(=O)[C@@H](C)[C@@H](OC(C)C)c3ncc(C)cn3)n21. The third kappa shape index (κ3) is 5.68. The van der Waals surface area contributed by atoms with E-state index in [1.54, 1.807) is 56.3 Å². The van der Waals surface area contributed by atoms with E-state index < -0.39 is 27.4 Å². The largest absolute Gasteiger partial charge is 0.497 e. The van der Waals surface area contributed by atoms with E-state index in [9.17, 15) is 8.42 Å². The molecule has 1 aliphatic rings. The summed E-state index contributed by atoms with van der Waals surface area (Å²) < 4.78 is 54.3. The molecule has 13 heteroatoms. The van der Waals surface area contributed by atoms with Crippen LogP contribution in [0.15, 0.2) is 30.6 Å². The Morgan fingerprint density at radius 1 is 1.16 bits per heavy atom. The normalized spacial score (nSPS) is 16.8. The molecule has 0 saturated heterocycles. The lowest BCUT2D eigenvalue weighted by atomic mass is 10.1. The van der Waals surface area contributed by atoms with Gasteiger partial charge in [0.05, 0.1) is 31.4 Å². The number of hydrogen-bond acceptors (Lipinski definition) is 10. The first-order valence-corrected chi connectivity index (χ1v) is 13.4. The lowest BCUT2D eigenvalue weighted by Crippen LogP contribution is -2.35. The van der Waals surface area contributed by atoms with Crippen LogP contribution in [0, 0.1) is 6.92 Å². The smallest absolute Gasteiger partial charge is 0.240 e. The first-order valence-electron chi connectivity index (χ1n) is 11.8. The Bertz CT molecular complexity index is 1330. The molecule has 3 heterocycles. The van der Waals surface area contributed by atoms with Gasteiger partial charge in [0.25, 0.3) is 0 Å². The topological polar surface area (TPSA) is 140 Å². The first kappa shape index (κ1) is 26.8. The van der Waals surface area contributed by atoms with Crippen molar-refractivity contribution in [3.63, 3.8) is 0 Å². The predicted octanol–water partition coefficient (Wildman–Crippen LogP) is 2.93. The van der Waals surface area contributed by atoms with Gasteiger partial charge in [0, 0.05) is 19.5 Å². The van der Waals surface area contributed by atoms with Gasteiger partial charge in [-0.25, -0.2) is 18.4 Å². The molecule has 200 valence electrons. The van der Waals surface area contributed by atoms with Gasteiger partial charge in [-0.05, 0) is 51.5 Å².